The van der Waals surface area contributed by atoms with Gasteiger partial charge in [-0.15, -0.1) is 0 Å². The quantitative estimate of drug-likeness (QED) is 0.906. The maximum atomic E-state index is 12.3. The molecule has 20 heavy (non-hydrogen) atoms. The number of nitrogens with zero attached hydrogens (tertiary/aromatic N) is 2. The van der Waals surface area contributed by atoms with Crippen LogP contribution in [0.4, 0.5) is 10.8 Å². The second kappa shape index (κ2) is 6.02. The molecule has 0 aliphatic heterocycles. The monoisotopic (exact) mass is 290 g/mol. The first-order valence-corrected chi connectivity index (χ1v) is 7.06. The zero-order valence-corrected chi connectivity index (χ0v) is 12.6. The number of nitrogens with two attached hydrogens (primary N) is 1. The van der Waals surface area contributed by atoms with E-state index in [2.05, 4.69) is 15.2 Å². The molecule has 0 aliphatic rings. The smallest absolute Gasteiger partial charge is 0.267 e. The highest BCUT2D eigenvalue weighted by molar-refractivity contribution is 7.17. The SMILES string of the molecule is Cc1nc(N)sc1C(=O)Nc1ccccc1CN(C)C. The first-order valence-electron chi connectivity index (χ1n) is 6.24. The van der Waals surface area contributed by atoms with E-state index in [0.29, 0.717) is 15.7 Å². The van der Waals surface area contributed by atoms with Gasteiger partial charge in [-0.25, -0.2) is 4.98 Å². The highest BCUT2D eigenvalue weighted by Crippen LogP contribution is 2.23. The summed E-state index contributed by atoms with van der Waals surface area (Å²) in [5.41, 5.74) is 8.18. The van der Waals surface area contributed by atoms with Crippen molar-refractivity contribution in [2.45, 2.75) is 13.5 Å². The lowest BCUT2D eigenvalue weighted by atomic mass is 10.1. The van der Waals surface area contributed by atoms with Crippen LogP contribution in [0.5, 0.6) is 0 Å². The van der Waals surface area contributed by atoms with Gasteiger partial charge in [-0.1, -0.05) is 29.5 Å². The summed E-state index contributed by atoms with van der Waals surface area (Å²) in [7, 11) is 3.99. The van der Waals surface area contributed by atoms with Crippen molar-refractivity contribution in [3.8, 4) is 0 Å². The van der Waals surface area contributed by atoms with Crippen molar-refractivity contribution in [3.05, 3.63) is 40.4 Å². The number of rotatable bonds is 4. The number of nitrogens with one attached hydrogen (secondary N) is 1. The molecule has 2 rings (SSSR count). The fourth-order valence-electron chi connectivity index (χ4n) is 1.93. The molecule has 0 unspecified atom stereocenters. The van der Waals surface area contributed by atoms with E-state index in [-0.39, 0.29) is 5.91 Å². The molecular weight excluding hydrogens is 272 g/mol. The number of carbonyl (C=O) groups is 1. The van der Waals surface area contributed by atoms with Crippen LogP contribution in [0, 0.1) is 6.92 Å². The molecule has 6 heteroatoms. The molecule has 2 aromatic rings. The van der Waals surface area contributed by atoms with Crippen molar-refractivity contribution in [2.75, 3.05) is 25.1 Å². The summed E-state index contributed by atoms with van der Waals surface area (Å²) in [6, 6.07) is 7.77. The molecule has 1 aromatic heterocycles. The zero-order valence-electron chi connectivity index (χ0n) is 11.8. The van der Waals surface area contributed by atoms with Gasteiger partial charge in [0.1, 0.15) is 4.88 Å². The van der Waals surface area contributed by atoms with Gasteiger partial charge in [0.05, 0.1) is 5.69 Å². The molecule has 0 aliphatic carbocycles. The Labute approximate surface area is 122 Å². The Morgan fingerprint density at radius 1 is 1.40 bits per heavy atom. The summed E-state index contributed by atoms with van der Waals surface area (Å²) in [4.78, 5) is 19.0. The fraction of sp³-hybridized carbons (Fsp3) is 0.286. The lowest BCUT2D eigenvalue weighted by Crippen LogP contribution is -2.16. The third-order valence-electron chi connectivity index (χ3n) is 2.77. The first kappa shape index (κ1) is 14.5. The minimum absolute atomic E-state index is 0.164. The summed E-state index contributed by atoms with van der Waals surface area (Å²) >= 11 is 1.21. The summed E-state index contributed by atoms with van der Waals surface area (Å²) < 4.78 is 0. The maximum absolute atomic E-state index is 12.3. The molecule has 5 nitrogen and oxygen atoms in total. The van der Waals surface area contributed by atoms with Crippen LogP contribution >= 0.6 is 11.3 Å². The Balaban J connectivity index is 2.22. The van der Waals surface area contributed by atoms with Gasteiger partial charge in [-0.2, -0.15) is 0 Å². The molecule has 3 N–H and O–H groups in total. The number of hydrogen-bond acceptors (Lipinski definition) is 5. The lowest BCUT2D eigenvalue weighted by Gasteiger charge is -2.14. The van der Waals surface area contributed by atoms with Gasteiger partial charge in [0.25, 0.3) is 5.91 Å². The number of nitrogen functional groups attached to an aromatic ring is 1. The predicted octanol–water partition coefficient (Wildman–Crippen LogP) is 2.35. The van der Waals surface area contributed by atoms with E-state index in [1.165, 1.54) is 11.3 Å². The van der Waals surface area contributed by atoms with E-state index in [1.54, 1.807) is 6.92 Å². The Bertz CT molecular complexity index is 621. The Morgan fingerprint density at radius 2 is 2.10 bits per heavy atom. The summed E-state index contributed by atoms with van der Waals surface area (Å²) in [6.07, 6.45) is 0. The molecule has 106 valence electrons. The summed E-state index contributed by atoms with van der Waals surface area (Å²) in [5.74, 6) is -0.164. The molecule has 0 radical (unpaired) electrons. The normalized spacial score (nSPS) is 10.8. The van der Waals surface area contributed by atoms with Crippen LogP contribution in [0.2, 0.25) is 0 Å². The second-order valence-corrected chi connectivity index (χ2v) is 5.85. The molecule has 1 heterocycles. The van der Waals surface area contributed by atoms with Gasteiger partial charge in [-0.05, 0) is 32.6 Å². The van der Waals surface area contributed by atoms with Crippen molar-refractivity contribution < 1.29 is 4.79 Å². The third-order valence-corrected chi connectivity index (χ3v) is 3.76. The molecule has 0 saturated carbocycles. The van der Waals surface area contributed by atoms with Crippen LogP contribution < -0.4 is 11.1 Å². The second-order valence-electron chi connectivity index (χ2n) is 4.82. The maximum Gasteiger partial charge on any atom is 0.267 e. The summed E-state index contributed by atoms with van der Waals surface area (Å²) in [5, 5.41) is 3.35. The van der Waals surface area contributed by atoms with Crippen molar-refractivity contribution >= 4 is 28.1 Å². The van der Waals surface area contributed by atoms with Crippen LogP contribution in [0.3, 0.4) is 0 Å². The van der Waals surface area contributed by atoms with Crippen LogP contribution in [0.15, 0.2) is 24.3 Å². The van der Waals surface area contributed by atoms with Crippen LogP contribution in [0.25, 0.3) is 0 Å². The molecule has 0 saturated heterocycles. The predicted molar refractivity (Wildman–Crippen MR) is 83.0 cm³/mol. The number of aromatic nitrogens is 1. The van der Waals surface area contributed by atoms with Crippen molar-refractivity contribution in [1.29, 1.82) is 0 Å². The van der Waals surface area contributed by atoms with E-state index < -0.39 is 0 Å². The first-order chi connectivity index (χ1) is 9.47. The van der Waals surface area contributed by atoms with Gasteiger partial charge in [-0.3, -0.25) is 4.79 Å². The molecule has 0 spiro atoms. The van der Waals surface area contributed by atoms with Gasteiger partial charge in [0.2, 0.25) is 0 Å². The van der Waals surface area contributed by atoms with E-state index in [9.17, 15) is 4.79 Å². The van der Waals surface area contributed by atoms with Gasteiger partial charge >= 0.3 is 0 Å². The van der Waals surface area contributed by atoms with Crippen molar-refractivity contribution in [1.82, 2.24) is 9.88 Å². The van der Waals surface area contributed by atoms with E-state index in [0.717, 1.165) is 17.8 Å². The highest BCUT2D eigenvalue weighted by atomic mass is 32.1. The molecular formula is C14H18N4OS. The Hall–Kier alpha value is -1.92. The number of amides is 1. The third kappa shape index (κ3) is 3.34. The number of aryl methyl sites for hydroxylation is 1. The van der Waals surface area contributed by atoms with Crippen LogP contribution in [-0.2, 0) is 6.54 Å². The number of para-hydroxylation sites is 1. The average molecular weight is 290 g/mol. The van der Waals surface area contributed by atoms with E-state index in [4.69, 9.17) is 5.73 Å². The van der Waals surface area contributed by atoms with Crippen molar-refractivity contribution in [3.63, 3.8) is 0 Å². The number of carbonyl (C=O) groups excluding carboxylic acids is 1. The lowest BCUT2D eigenvalue weighted by molar-refractivity contribution is 0.102. The molecule has 0 atom stereocenters. The largest absolute Gasteiger partial charge is 0.375 e. The van der Waals surface area contributed by atoms with Gasteiger partial charge < -0.3 is 16.0 Å². The van der Waals surface area contributed by atoms with Crippen LogP contribution in [-0.4, -0.2) is 29.9 Å². The number of benzene rings is 1. The average Bonchev–Trinajstić information content (AvgIpc) is 2.70. The topological polar surface area (TPSA) is 71.2 Å². The molecule has 1 amide bonds. The van der Waals surface area contributed by atoms with Crippen molar-refractivity contribution in [2.24, 2.45) is 0 Å². The van der Waals surface area contributed by atoms with E-state index in [1.807, 2.05) is 38.4 Å². The highest BCUT2D eigenvalue weighted by Gasteiger charge is 2.15. The number of hydrogen-bond donors (Lipinski definition) is 2. The van der Waals surface area contributed by atoms with Gasteiger partial charge in [0, 0.05) is 12.2 Å². The standard InChI is InChI=1S/C14H18N4OS/c1-9-12(20-14(15)16-9)13(19)17-11-7-5-4-6-10(11)8-18(2)3/h4-7H,8H2,1-3H3,(H2,15,16)(H,17,19). The van der Waals surface area contributed by atoms with E-state index >= 15 is 0 Å². The minimum atomic E-state index is -0.164. The summed E-state index contributed by atoms with van der Waals surface area (Å²) in [6.45, 7) is 2.55. The zero-order chi connectivity index (χ0) is 14.7. The number of thiazole rings is 1. The Kier molecular flexibility index (Phi) is 4.36. The van der Waals surface area contributed by atoms with Crippen LogP contribution in [0.1, 0.15) is 20.9 Å². The molecule has 0 fully saturated rings. The molecule has 1 aromatic carbocycles. The minimum Gasteiger partial charge on any atom is -0.375 e. The van der Waals surface area contributed by atoms with Gasteiger partial charge in [0.15, 0.2) is 5.13 Å². The fourth-order valence-corrected chi connectivity index (χ4v) is 2.66. The molecule has 0 bridgehead atoms. The Morgan fingerprint density at radius 3 is 2.70 bits per heavy atom. The number of anilines is 2.